The number of hydrogen-bond donors (Lipinski definition) is 3. The predicted molar refractivity (Wildman–Crippen MR) is 111 cm³/mol. The lowest BCUT2D eigenvalue weighted by atomic mass is 10.0. The van der Waals surface area contributed by atoms with Crippen LogP contribution in [0.5, 0.6) is 0 Å². The van der Waals surface area contributed by atoms with Crippen LogP contribution in [0.1, 0.15) is 41.3 Å². The zero-order chi connectivity index (χ0) is 22.1. The molecule has 0 saturated carbocycles. The zero-order valence-corrected chi connectivity index (χ0v) is 16.8. The lowest BCUT2D eigenvalue weighted by molar-refractivity contribution is -0.137. The van der Waals surface area contributed by atoms with Crippen LogP contribution in [0.2, 0.25) is 0 Å². The lowest BCUT2D eigenvalue weighted by Gasteiger charge is -2.29. The van der Waals surface area contributed by atoms with Crippen molar-refractivity contribution in [3.63, 3.8) is 0 Å². The van der Waals surface area contributed by atoms with Crippen molar-refractivity contribution in [1.29, 1.82) is 0 Å². The van der Waals surface area contributed by atoms with Gasteiger partial charge in [0.2, 0.25) is 17.7 Å². The smallest absolute Gasteiger partial charge is 0.255 e. The molecule has 2 aromatic rings. The summed E-state index contributed by atoms with van der Waals surface area (Å²) in [7, 11) is 0. The number of hydrogen-bond acceptors (Lipinski definition) is 5. The van der Waals surface area contributed by atoms with Crippen LogP contribution in [0.15, 0.2) is 36.4 Å². The third kappa shape index (κ3) is 3.98. The lowest BCUT2D eigenvalue weighted by Crippen LogP contribution is -2.52. The Labute approximate surface area is 177 Å². The van der Waals surface area contributed by atoms with E-state index in [0.717, 1.165) is 5.56 Å². The minimum Gasteiger partial charge on any atom is -0.381 e. The van der Waals surface area contributed by atoms with Crippen LogP contribution in [0.25, 0.3) is 0 Å². The standard InChI is InChI=1S/C22H21FN4O4/c1-12(28)25-17-7-2-4-13(20(17)23)10-24-16-6-3-5-14-15(16)11-27(22(14)31)18-8-9-19(29)26-21(18)30/h2-7,18,24H,8-11H2,1H3,(H,25,28)(H,26,29,30)/t18-/m1/s1. The van der Waals surface area contributed by atoms with Crippen LogP contribution in [-0.4, -0.2) is 34.6 Å². The molecule has 1 saturated heterocycles. The molecule has 4 amide bonds. The number of amides is 4. The van der Waals surface area contributed by atoms with Crippen molar-refractivity contribution in [2.24, 2.45) is 0 Å². The van der Waals surface area contributed by atoms with Crippen LogP contribution < -0.4 is 16.0 Å². The average Bonchev–Trinajstić information content (AvgIpc) is 3.05. The first-order valence-corrected chi connectivity index (χ1v) is 9.90. The summed E-state index contributed by atoms with van der Waals surface area (Å²) in [6.45, 7) is 1.67. The number of nitrogens with one attached hydrogen (secondary N) is 3. The van der Waals surface area contributed by atoms with Gasteiger partial charge in [0.15, 0.2) is 5.82 Å². The fourth-order valence-corrected chi connectivity index (χ4v) is 3.94. The maximum absolute atomic E-state index is 14.7. The molecule has 0 unspecified atom stereocenters. The number of carbonyl (C=O) groups is 4. The number of piperidine rings is 1. The number of benzene rings is 2. The molecule has 1 fully saturated rings. The van der Waals surface area contributed by atoms with E-state index in [2.05, 4.69) is 16.0 Å². The molecule has 2 aromatic carbocycles. The molecular weight excluding hydrogens is 403 g/mol. The molecule has 31 heavy (non-hydrogen) atoms. The molecule has 0 spiro atoms. The Morgan fingerprint density at radius 3 is 2.65 bits per heavy atom. The van der Waals surface area contributed by atoms with Gasteiger partial charge in [0.1, 0.15) is 6.04 Å². The average molecular weight is 424 g/mol. The maximum Gasteiger partial charge on any atom is 0.255 e. The SMILES string of the molecule is CC(=O)Nc1cccc(CNc2cccc3c2CN([C@@H]2CCC(=O)NC2=O)C3=O)c1F. The molecule has 3 N–H and O–H groups in total. The van der Waals surface area contributed by atoms with Crippen LogP contribution >= 0.6 is 0 Å². The number of nitrogens with zero attached hydrogens (tertiary/aromatic N) is 1. The van der Waals surface area contributed by atoms with E-state index in [1.54, 1.807) is 30.3 Å². The molecule has 0 radical (unpaired) electrons. The van der Waals surface area contributed by atoms with E-state index in [9.17, 15) is 23.6 Å². The highest BCUT2D eigenvalue weighted by molar-refractivity contribution is 6.06. The van der Waals surface area contributed by atoms with E-state index in [1.165, 1.54) is 17.9 Å². The summed E-state index contributed by atoms with van der Waals surface area (Å²) in [6.07, 6.45) is 0.472. The molecule has 1 atom stereocenters. The Kier molecular flexibility index (Phi) is 5.41. The monoisotopic (exact) mass is 424 g/mol. The van der Waals surface area contributed by atoms with Crippen molar-refractivity contribution in [3.05, 3.63) is 58.9 Å². The molecule has 160 valence electrons. The molecule has 9 heteroatoms. The Morgan fingerprint density at radius 1 is 1.16 bits per heavy atom. The van der Waals surface area contributed by atoms with Gasteiger partial charge in [0, 0.05) is 48.8 Å². The highest BCUT2D eigenvalue weighted by Crippen LogP contribution is 2.32. The maximum atomic E-state index is 14.7. The van der Waals surface area contributed by atoms with Crippen LogP contribution in [-0.2, 0) is 27.5 Å². The number of fused-ring (bicyclic) bond motifs is 1. The van der Waals surface area contributed by atoms with Crippen LogP contribution in [0, 0.1) is 5.82 Å². The second-order valence-electron chi connectivity index (χ2n) is 7.55. The van der Waals surface area contributed by atoms with Crippen molar-refractivity contribution < 1.29 is 23.6 Å². The van der Waals surface area contributed by atoms with Gasteiger partial charge in [-0.05, 0) is 24.6 Å². The van der Waals surface area contributed by atoms with Gasteiger partial charge >= 0.3 is 0 Å². The summed E-state index contributed by atoms with van der Waals surface area (Å²) in [6, 6.07) is 9.24. The van der Waals surface area contributed by atoms with Gasteiger partial charge in [-0.25, -0.2) is 4.39 Å². The van der Waals surface area contributed by atoms with Gasteiger partial charge in [0.05, 0.1) is 5.69 Å². The Morgan fingerprint density at radius 2 is 1.90 bits per heavy atom. The third-order valence-electron chi connectivity index (χ3n) is 5.44. The first-order chi connectivity index (χ1) is 14.8. The predicted octanol–water partition coefficient (Wildman–Crippen LogP) is 2.16. The molecule has 0 bridgehead atoms. The van der Waals surface area contributed by atoms with Crippen molar-refractivity contribution >= 4 is 35.0 Å². The van der Waals surface area contributed by atoms with Gasteiger partial charge in [0.25, 0.3) is 5.91 Å². The quantitative estimate of drug-likeness (QED) is 0.638. The number of imide groups is 1. The topological polar surface area (TPSA) is 108 Å². The first-order valence-electron chi connectivity index (χ1n) is 9.90. The van der Waals surface area contributed by atoms with Gasteiger partial charge in [-0.1, -0.05) is 18.2 Å². The highest BCUT2D eigenvalue weighted by Gasteiger charge is 2.39. The Hall–Kier alpha value is -3.75. The van der Waals surface area contributed by atoms with Crippen LogP contribution in [0.3, 0.4) is 0 Å². The summed E-state index contributed by atoms with van der Waals surface area (Å²) in [5.74, 6) is -1.97. The third-order valence-corrected chi connectivity index (χ3v) is 5.44. The number of carbonyl (C=O) groups excluding carboxylic acids is 4. The summed E-state index contributed by atoms with van der Waals surface area (Å²) in [5.41, 5.74) is 2.31. The number of anilines is 2. The van der Waals surface area contributed by atoms with Crippen molar-refractivity contribution in [2.45, 2.75) is 38.9 Å². The van der Waals surface area contributed by atoms with Gasteiger partial charge in [-0.3, -0.25) is 24.5 Å². The number of halogens is 1. The summed E-state index contributed by atoms with van der Waals surface area (Å²) < 4.78 is 14.7. The van der Waals surface area contributed by atoms with E-state index in [1.807, 2.05) is 0 Å². The minimum absolute atomic E-state index is 0.101. The van der Waals surface area contributed by atoms with Gasteiger partial charge < -0.3 is 15.5 Å². The Balaban J connectivity index is 1.53. The van der Waals surface area contributed by atoms with Crippen molar-refractivity contribution in [3.8, 4) is 0 Å². The molecule has 0 aliphatic carbocycles. The summed E-state index contributed by atoms with van der Waals surface area (Å²) >= 11 is 0. The van der Waals surface area contributed by atoms with E-state index >= 15 is 0 Å². The highest BCUT2D eigenvalue weighted by atomic mass is 19.1. The minimum atomic E-state index is -0.697. The Bertz CT molecular complexity index is 1100. The fraction of sp³-hybridized carbons (Fsp3) is 0.273. The van der Waals surface area contributed by atoms with Crippen molar-refractivity contribution in [1.82, 2.24) is 10.2 Å². The van der Waals surface area contributed by atoms with Gasteiger partial charge in [-0.15, -0.1) is 0 Å². The summed E-state index contributed by atoms with van der Waals surface area (Å²) in [5, 5.41) is 7.89. The molecule has 2 heterocycles. The van der Waals surface area contributed by atoms with Crippen LogP contribution in [0.4, 0.5) is 15.8 Å². The second-order valence-corrected chi connectivity index (χ2v) is 7.55. The first kappa shape index (κ1) is 20.5. The summed E-state index contributed by atoms with van der Waals surface area (Å²) in [4.78, 5) is 49.2. The van der Waals surface area contributed by atoms with Gasteiger partial charge in [-0.2, -0.15) is 0 Å². The molecule has 8 nitrogen and oxygen atoms in total. The second kappa shape index (κ2) is 8.17. The molecule has 4 rings (SSSR count). The molecule has 0 aromatic heterocycles. The molecule has 2 aliphatic heterocycles. The molecule has 2 aliphatic rings. The fourth-order valence-electron chi connectivity index (χ4n) is 3.94. The van der Waals surface area contributed by atoms with E-state index in [-0.39, 0.29) is 49.3 Å². The van der Waals surface area contributed by atoms with E-state index < -0.39 is 17.8 Å². The van der Waals surface area contributed by atoms with Crippen molar-refractivity contribution in [2.75, 3.05) is 10.6 Å². The number of rotatable bonds is 5. The zero-order valence-electron chi connectivity index (χ0n) is 16.8. The van der Waals surface area contributed by atoms with E-state index in [4.69, 9.17) is 0 Å². The van der Waals surface area contributed by atoms with E-state index in [0.29, 0.717) is 16.8 Å². The largest absolute Gasteiger partial charge is 0.381 e. The normalized spacial score (nSPS) is 17.9. The molecular formula is C22H21FN4O4.